The van der Waals surface area contributed by atoms with Gasteiger partial charge >= 0.3 is 5.97 Å². The van der Waals surface area contributed by atoms with E-state index in [0.29, 0.717) is 17.0 Å². The van der Waals surface area contributed by atoms with Gasteiger partial charge in [-0.05, 0) is 46.1 Å². The maximum Gasteiger partial charge on any atom is 0.306 e. The van der Waals surface area contributed by atoms with Crippen LogP contribution in [0, 0.1) is 0 Å². The van der Waals surface area contributed by atoms with Crippen LogP contribution < -0.4 is 5.32 Å². The molecule has 0 aliphatic carbocycles. The van der Waals surface area contributed by atoms with Crippen molar-refractivity contribution in [1.29, 1.82) is 0 Å². The van der Waals surface area contributed by atoms with Gasteiger partial charge in [0.25, 0.3) is 5.91 Å². The number of pyridine rings is 1. The van der Waals surface area contributed by atoms with Gasteiger partial charge in [0, 0.05) is 28.3 Å². The molecular weight excluding hydrogens is 396 g/mol. The highest BCUT2D eigenvalue weighted by molar-refractivity contribution is 9.10. The number of ether oxygens (including phenoxy) is 1. The number of hydrogen-bond acceptors (Lipinski definition) is 4. The fourth-order valence-corrected chi connectivity index (χ4v) is 2.56. The predicted molar refractivity (Wildman–Crippen MR) is 95.0 cm³/mol. The molecule has 0 radical (unpaired) electrons. The summed E-state index contributed by atoms with van der Waals surface area (Å²) >= 11 is 9.14. The Bertz CT molecular complexity index is 724. The molecule has 0 aliphatic rings. The highest BCUT2D eigenvalue weighted by atomic mass is 79.9. The maximum atomic E-state index is 11.9. The van der Waals surface area contributed by atoms with E-state index in [9.17, 15) is 9.59 Å². The molecular formula is C17H16BrClN2O3. The second-order valence-electron chi connectivity index (χ2n) is 5.00. The number of aromatic nitrogens is 1. The summed E-state index contributed by atoms with van der Waals surface area (Å²) in [6, 6.07) is 9.02. The zero-order chi connectivity index (χ0) is 17.4. The van der Waals surface area contributed by atoms with Crippen molar-refractivity contribution in [3.05, 3.63) is 63.3 Å². The molecule has 1 amide bonds. The summed E-state index contributed by atoms with van der Waals surface area (Å²) < 4.78 is 5.82. The van der Waals surface area contributed by atoms with Crippen LogP contribution in [-0.4, -0.2) is 30.0 Å². The van der Waals surface area contributed by atoms with Crippen LogP contribution in [-0.2, 0) is 16.0 Å². The molecule has 24 heavy (non-hydrogen) atoms. The average Bonchev–Trinajstić information content (AvgIpc) is 2.57. The summed E-state index contributed by atoms with van der Waals surface area (Å²) in [6.07, 6.45) is 3.90. The number of nitrogens with zero attached hydrogens (tertiary/aromatic N) is 1. The number of amides is 1. The lowest BCUT2D eigenvalue weighted by Crippen LogP contribution is -2.28. The third kappa shape index (κ3) is 6.29. The van der Waals surface area contributed by atoms with Crippen molar-refractivity contribution in [2.75, 3.05) is 13.2 Å². The van der Waals surface area contributed by atoms with Crippen molar-refractivity contribution < 1.29 is 14.3 Å². The first-order valence-electron chi connectivity index (χ1n) is 7.33. The van der Waals surface area contributed by atoms with Crippen molar-refractivity contribution in [3.63, 3.8) is 0 Å². The van der Waals surface area contributed by atoms with Crippen molar-refractivity contribution in [2.45, 2.75) is 12.8 Å². The van der Waals surface area contributed by atoms with Crippen molar-refractivity contribution >= 4 is 39.4 Å². The fraction of sp³-hybridized carbons (Fsp3) is 0.235. The quantitative estimate of drug-likeness (QED) is 0.560. The lowest BCUT2D eigenvalue weighted by atomic mass is 10.1. The largest absolute Gasteiger partial charge is 0.464 e. The number of hydrogen-bond donors (Lipinski definition) is 1. The molecule has 0 spiro atoms. The van der Waals surface area contributed by atoms with E-state index in [-0.39, 0.29) is 31.4 Å². The van der Waals surface area contributed by atoms with Gasteiger partial charge in [0.15, 0.2) is 0 Å². The van der Waals surface area contributed by atoms with Gasteiger partial charge in [0.1, 0.15) is 6.61 Å². The first-order valence-corrected chi connectivity index (χ1v) is 8.50. The molecule has 126 valence electrons. The Hall–Kier alpha value is -1.92. The van der Waals surface area contributed by atoms with E-state index in [4.69, 9.17) is 16.3 Å². The van der Waals surface area contributed by atoms with E-state index in [2.05, 4.69) is 26.2 Å². The standard InChI is InChI=1S/C17H16BrClN2O3/c18-14-9-13(10-20-11-14)17(23)21-6-7-24-16(22)5-4-12-2-1-3-15(19)8-12/h1-3,8-11H,4-7H2,(H,21,23). The highest BCUT2D eigenvalue weighted by Crippen LogP contribution is 2.12. The number of benzene rings is 1. The second-order valence-corrected chi connectivity index (χ2v) is 6.35. The molecule has 2 aromatic rings. The molecule has 2 rings (SSSR count). The number of halogens is 2. The second kappa shape index (κ2) is 9.39. The lowest BCUT2D eigenvalue weighted by molar-refractivity contribution is -0.143. The van der Waals surface area contributed by atoms with E-state index >= 15 is 0 Å². The van der Waals surface area contributed by atoms with Gasteiger partial charge in [-0.15, -0.1) is 0 Å². The van der Waals surface area contributed by atoms with Crippen LogP contribution in [0.5, 0.6) is 0 Å². The van der Waals surface area contributed by atoms with E-state index in [0.717, 1.165) is 10.0 Å². The third-order valence-corrected chi connectivity index (χ3v) is 3.79. The first kappa shape index (κ1) is 18.4. The fourth-order valence-electron chi connectivity index (χ4n) is 1.98. The van der Waals surface area contributed by atoms with Crippen molar-refractivity contribution in [2.24, 2.45) is 0 Å². The minimum Gasteiger partial charge on any atom is -0.464 e. The molecule has 0 bridgehead atoms. The molecule has 7 heteroatoms. The SMILES string of the molecule is O=C(CCc1cccc(Cl)c1)OCCNC(=O)c1cncc(Br)c1. The Kier molecular flexibility index (Phi) is 7.21. The van der Waals surface area contributed by atoms with Crippen LogP contribution >= 0.6 is 27.5 Å². The Morgan fingerprint density at radius 1 is 1.25 bits per heavy atom. The van der Waals surface area contributed by atoms with Crippen LogP contribution in [0.25, 0.3) is 0 Å². The van der Waals surface area contributed by atoms with Crippen molar-refractivity contribution in [1.82, 2.24) is 10.3 Å². The maximum absolute atomic E-state index is 11.9. The number of nitrogens with one attached hydrogen (secondary N) is 1. The molecule has 1 aromatic heterocycles. The molecule has 0 saturated heterocycles. The smallest absolute Gasteiger partial charge is 0.306 e. The number of esters is 1. The molecule has 0 saturated carbocycles. The van der Waals surface area contributed by atoms with E-state index < -0.39 is 0 Å². The summed E-state index contributed by atoms with van der Waals surface area (Å²) in [5.41, 5.74) is 1.42. The minimum atomic E-state index is -0.312. The summed E-state index contributed by atoms with van der Waals surface area (Å²) in [4.78, 5) is 27.5. The lowest BCUT2D eigenvalue weighted by Gasteiger charge is -2.07. The number of carbonyl (C=O) groups excluding carboxylic acids is 2. The summed E-state index contributed by atoms with van der Waals surface area (Å²) in [5.74, 6) is -0.577. The molecule has 0 fully saturated rings. The summed E-state index contributed by atoms with van der Waals surface area (Å²) in [6.45, 7) is 0.371. The number of rotatable bonds is 7. The minimum absolute atomic E-state index is 0.127. The first-order chi connectivity index (χ1) is 11.5. The van der Waals surface area contributed by atoms with Gasteiger partial charge in [-0.1, -0.05) is 23.7 Å². The van der Waals surface area contributed by atoms with Crippen LogP contribution in [0.3, 0.4) is 0 Å². The highest BCUT2D eigenvalue weighted by Gasteiger charge is 2.07. The number of aryl methyl sites for hydroxylation is 1. The van der Waals surface area contributed by atoms with E-state index in [1.807, 2.05) is 18.2 Å². The molecule has 0 aliphatic heterocycles. The van der Waals surface area contributed by atoms with E-state index in [1.165, 1.54) is 6.20 Å². The molecule has 1 heterocycles. The van der Waals surface area contributed by atoms with Crippen LogP contribution in [0.2, 0.25) is 5.02 Å². The van der Waals surface area contributed by atoms with E-state index in [1.54, 1.807) is 18.3 Å². The monoisotopic (exact) mass is 410 g/mol. The van der Waals surface area contributed by atoms with Gasteiger partial charge in [-0.2, -0.15) is 0 Å². The Morgan fingerprint density at radius 2 is 2.08 bits per heavy atom. The third-order valence-electron chi connectivity index (χ3n) is 3.12. The van der Waals surface area contributed by atoms with Gasteiger partial charge < -0.3 is 10.1 Å². The van der Waals surface area contributed by atoms with Crippen LogP contribution in [0.15, 0.2) is 47.2 Å². The zero-order valence-electron chi connectivity index (χ0n) is 12.8. The Morgan fingerprint density at radius 3 is 2.83 bits per heavy atom. The number of carbonyl (C=O) groups is 2. The zero-order valence-corrected chi connectivity index (χ0v) is 15.1. The summed E-state index contributed by atoms with van der Waals surface area (Å²) in [7, 11) is 0. The van der Waals surface area contributed by atoms with Gasteiger partial charge in [0.05, 0.1) is 12.1 Å². The molecule has 0 unspecified atom stereocenters. The summed E-state index contributed by atoms with van der Waals surface area (Å²) in [5, 5.41) is 3.31. The topological polar surface area (TPSA) is 68.3 Å². The van der Waals surface area contributed by atoms with Gasteiger partial charge in [-0.25, -0.2) is 0 Å². The molecule has 0 atom stereocenters. The van der Waals surface area contributed by atoms with Crippen LogP contribution in [0.4, 0.5) is 0 Å². The normalized spacial score (nSPS) is 10.2. The van der Waals surface area contributed by atoms with Gasteiger partial charge in [0.2, 0.25) is 0 Å². The molecule has 5 nitrogen and oxygen atoms in total. The van der Waals surface area contributed by atoms with Crippen LogP contribution in [0.1, 0.15) is 22.3 Å². The van der Waals surface area contributed by atoms with Gasteiger partial charge in [-0.3, -0.25) is 14.6 Å². The molecule has 1 aromatic carbocycles. The molecule has 1 N–H and O–H groups in total. The Labute approximate surface area is 153 Å². The average molecular weight is 412 g/mol. The Balaban J connectivity index is 1.65. The predicted octanol–water partition coefficient (Wildman–Crippen LogP) is 3.40. The van der Waals surface area contributed by atoms with Crippen molar-refractivity contribution in [3.8, 4) is 0 Å².